The molecule has 3 aromatic rings. The van der Waals surface area contributed by atoms with Crippen LogP contribution in [-0.2, 0) is 9.47 Å². The summed E-state index contributed by atoms with van der Waals surface area (Å²) in [4.78, 5) is 25.7. The van der Waals surface area contributed by atoms with E-state index < -0.39 is 0 Å². The van der Waals surface area contributed by atoms with Crippen LogP contribution < -0.4 is 26.0 Å². The van der Waals surface area contributed by atoms with E-state index >= 15 is 0 Å². The Bertz CT molecular complexity index is 1180. The van der Waals surface area contributed by atoms with Gasteiger partial charge in [0.15, 0.2) is 0 Å². The van der Waals surface area contributed by atoms with Crippen molar-refractivity contribution in [1.29, 1.82) is 0 Å². The lowest BCUT2D eigenvalue weighted by molar-refractivity contribution is 0.0519. The number of nitrogens with zero attached hydrogens (tertiary/aromatic N) is 3. The predicted molar refractivity (Wildman–Crippen MR) is 156 cm³/mol. The summed E-state index contributed by atoms with van der Waals surface area (Å²) in [6.45, 7) is 2.74. The molecule has 1 heterocycles. The van der Waals surface area contributed by atoms with Crippen LogP contribution in [0, 0.1) is 0 Å². The van der Waals surface area contributed by atoms with Crippen LogP contribution in [0.4, 0.5) is 23.5 Å². The van der Waals surface area contributed by atoms with Gasteiger partial charge >= 0.3 is 0 Å². The van der Waals surface area contributed by atoms with E-state index in [0.29, 0.717) is 69.0 Å². The first-order valence-electron chi connectivity index (χ1n) is 13.9. The molecule has 2 aromatic carbocycles. The zero-order valence-electron chi connectivity index (χ0n) is 23.0. The van der Waals surface area contributed by atoms with Crippen molar-refractivity contribution >= 4 is 29.4 Å². The topological polar surface area (TPSA) is 132 Å². The molecule has 0 atom stereocenters. The Morgan fingerprint density at radius 2 is 1.55 bits per heavy atom. The zero-order chi connectivity index (χ0) is 27.8. The van der Waals surface area contributed by atoms with E-state index in [9.17, 15) is 4.79 Å². The molecule has 0 unspecified atom stereocenters. The minimum Gasteiger partial charge on any atom is -0.497 e. The number of rotatable bonds is 16. The van der Waals surface area contributed by atoms with Gasteiger partial charge in [0.25, 0.3) is 5.91 Å². The second-order valence-electron chi connectivity index (χ2n) is 9.42. The molecular weight excluding hydrogens is 510 g/mol. The van der Waals surface area contributed by atoms with Crippen LogP contribution in [0.25, 0.3) is 0 Å². The lowest BCUT2D eigenvalue weighted by Gasteiger charge is -2.23. The molecule has 1 aliphatic carbocycles. The van der Waals surface area contributed by atoms with Crippen LogP contribution in [0.3, 0.4) is 0 Å². The summed E-state index contributed by atoms with van der Waals surface area (Å²) in [5.41, 5.74) is 1.46. The fourth-order valence-corrected chi connectivity index (χ4v) is 4.32. The number of aromatic nitrogens is 3. The highest BCUT2D eigenvalue weighted by Crippen LogP contribution is 2.23. The molecule has 1 aliphatic rings. The van der Waals surface area contributed by atoms with Crippen LogP contribution >= 0.6 is 0 Å². The van der Waals surface area contributed by atoms with E-state index in [4.69, 9.17) is 14.2 Å². The fourth-order valence-electron chi connectivity index (χ4n) is 4.32. The summed E-state index contributed by atoms with van der Waals surface area (Å²) in [7, 11) is 1.64. The van der Waals surface area contributed by atoms with E-state index in [1.165, 1.54) is 19.3 Å². The monoisotopic (exact) mass is 549 g/mol. The van der Waals surface area contributed by atoms with Gasteiger partial charge in [-0.15, -0.1) is 0 Å². The molecular formula is C29H39N7O4. The van der Waals surface area contributed by atoms with Gasteiger partial charge in [0.1, 0.15) is 5.75 Å². The molecule has 214 valence electrons. The summed E-state index contributed by atoms with van der Waals surface area (Å²) in [5.74, 6) is 2.09. The third-order valence-electron chi connectivity index (χ3n) is 6.37. The van der Waals surface area contributed by atoms with Crippen molar-refractivity contribution in [2.45, 2.75) is 38.1 Å². The normalized spacial score (nSPS) is 13.4. The first kappa shape index (κ1) is 29.0. The third kappa shape index (κ3) is 9.97. The minimum absolute atomic E-state index is 0.108. The molecule has 0 radical (unpaired) electrons. The summed E-state index contributed by atoms with van der Waals surface area (Å²) < 4.78 is 16.5. The van der Waals surface area contributed by atoms with Crippen molar-refractivity contribution in [3.8, 4) is 5.75 Å². The Morgan fingerprint density at radius 1 is 0.825 bits per heavy atom. The van der Waals surface area contributed by atoms with Crippen LogP contribution in [0.2, 0.25) is 0 Å². The number of carbonyl (C=O) groups excluding carboxylic acids is 1. The summed E-state index contributed by atoms with van der Waals surface area (Å²) >= 11 is 0. The molecule has 1 fully saturated rings. The number of ether oxygens (including phenoxy) is 3. The SMILES string of the molecule is COc1cccc(Nc2nc(NCCOCCOCCNC(=O)c3ccccc3)nc(NC3CCCCC3)n2)c1. The fraction of sp³-hybridized carbons (Fsp3) is 0.448. The van der Waals surface area contributed by atoms with Crippen molar-refractivity contribution in [2.75, 3.05) is 62.6 Å². The molecule has 1 aromatic heterocycles. The van der Waals surface area contributed by atoms with Gasteiger partial charge in [-0.1, -0.05) is 43.5 Å². The third-order valence-corrected chi connectivity index (χ3v) is 6.37. The highest BCUT2D eigenvalue weighted by Gasteiger charge is 2.16. The maximum atomic E-state index is 12.0. The van der Waals surface area contributed by atoms with E-state index in [0.717, 1.165) is 24.3 Å². The second-order valence-corrected chi connectivity index (χ2v) is 9.42. The first-order chi connectivity index (χ1) is 19.7. The van der Waals surface area contributed by atoms with Crippen LogP contribution in [-0.4, -0.2) is 73.5 Å². The molecule has 1 saturated carbocycles. The first-order valence-corrected chi connectivity index (χ1v) is 13.9. The smallest absolute Gasteiger partial charge is 0.251 e. The summed E-state index contributed by atoms with van der Waals surface area (Å²) in [6, 6.07) is 17.1. The molecule has 0 bridgehead atoms. The average molecular weight is 550 g/mol. The van der Waals surface area contributed by atoms with Gasteiger partial charge < -0.3 is 35.5 Å². The molecule has 1 amide bonds. The molecule has 4 rings (SSSR count). The largest absolute Gasteiger partial charge is 0.497 e. The Labute approximate surface area is 235 Å². The predicted octanol–water partition coefficient (Wildman–Crippen LogP) is 4.24. The Kier molecular flexibility index (Phi) is 11.8. The summed E-state index contributed by atoms with van der Waals surface area (Å²) in [6.07, 6.45) is 5.93. The maximum Gasteiger partial charge on any atom is 0.251 e. The average Bonchev–Trinajstić information content (AvgIpc) is 2.99. The van der Waals surface area contributed by atoms with Crippen molar-refractivity contribution in [2.24, 2.45) is 0 Å². The number of carbonyl (C=O) groups is 1. The molecule has 11 heteroatoms. The number of anilines is 4. The van der Waals surface area contributed by atoms with Crippen LogP contribution in [0.1, 0.15) is 42.5 Å². The molecule has 40 heavy (non-hydrogen) atoms. The van der Waals surface area contributed by atoms with Gasteiger partial charge in [-0.2, -0.15) is 15.0 Å². The maximum absolute atomic E-state index is 12.0. The number of benzene rings is 2. The highest BCUT2D eigenvalue weighted by molar-refractivity contribution is 5.94. The Morgan fingerprint density at radius 3 is 2.33 bits per heavy atom. The van der Waals surface area contributed by atoms with E-state index in [1.807, 2.05) is 42.5 Å². The van der Waals surface area contributed by atoms with Gasteiger partial charge in [-0.25, -0.2) is 0 Å². The van der Waals surface area contributed by atoms with Crippen molar-refractivity contribution in [1.82, 2.24) is 20.3 Å². The molecule has 4 N–H and O–H groups in total. The second kappa shape index (κ2) is 16.2. The Hall–Kier alpha value is -3.96. The quantitative estimate of drug-likeness (QED) is 0.192. The van der Waals surface area contributed by atoms with Gasteiger partial charge in [-0.3, -0.25) is 4.79 Å². The number of methoxy groups -OCH3 is 1. The molecule has 0 aliphatic heterocycles. The standard InChI is InChI=1S/C29H39N7O4/c1-38-25-14-8-13-24(21-25)33-29-35-27(34-28(36-29)32-23-11-6-3-7-12-23)31-16-18-40-20-19-39-17-15-30-26(37)22-9-4-2-5-10-22/h2,4-5,8-10,13-14,21,23H,3,6-7,11-12,15-20H2,1H3,(H,30,37)(H3,31,32,33,34,35,36). The van der Waals surface area contributed by atoms with Crippen LogP contribution in [0.5, 0.6) is 5.75 Å². The van der Waals surface area contributed by atoms with Crippen LogP contribution in [0.15, 0.2) is 54.6 Å². The number of hydrogen-bond donors (Lipinski definition) is 4. The van der Waals surface area contributed by atoms with E-state index in [-0.39, 0.29) is 5.91 Å². The zero-order valence-corrected chi connectivity index (χ0v) is 23.0. The number of amides is 1. The summed E-state index contributed by atoms with van der Waals surface area (Å²) in [5, 5.41) is 12.8. The van der Waals surface area contributed by atoms with Crippen molar-refractivity contribution < 1.29 is 19.0 Å². The van der Waals surface area contributed by atoms with Gasteiger partial charge in [0, 0.05) is 36.4 Å². The van der Waals surface area contributed by atoms with Crippen molar-refractivity contribution in [3.63, 3.8) is 0 Å². The van der Waals surface area contributed by atoms with Crippen molar-refractivity contribution in [3.05, 3.63) is 60.2 Å². The minimum atomic E-state index is -0.108. The molecule has 0 spiro atoms. The van der Waals surface area contributed by atoms with Gasteiger partial charge in [0.2, 0.25) is 17.8 Å². The molecule has 11 nitrogen and oxygen atoms in total. The van der Waals surface area contributed by atoms with E-state index in [2.05, 4.69) is 36.2 Å². The lowest BCUT2D eigenvalue weighted by atomic mass is 9.96. The number of hydrogen-bond acceptors (Lipinski definition) is 10. The number of nitrogens with one attached hydrogen (secondary N) is 4. The molecule has 0 saturated heterocycles. The van der Waals surface area contributed by atoms with E-state index in [1.54, 1.807) is 19.2 Å². The Balaban J connectivity index is 1.18. The highest BCUT2D eigenvalue weighted by atomic mass is 16.5. The van der Waals surface area contributed by atoms with Gasteiger partial charge in [-0.05, 0) is 37.1 Å². The lowest BCUT2D eigenvalue weighted by Crippen LogP contribution is -2.27. The van der Waals surface area contributed by atoms with Gasteiger partial charge in [0.05, 0.1) is 33.5 Å².